The maximum atomic E-state index is 11.0. The minimum absolute atomic E-state index is 0.333. The molecule has 6 heteroatoms. The Labute approximate surface area is 72.4 Å². The lowest BCUT2D eigenvalue weighted by Gasteiger charge is -2.30. The number of hydrogen-bond donors (Lipinski definition) is 1. The molecule has 0 aliphatic carbocycles. The fourth-order valence-electron chi connectivity index (χ4n) is 0.730. The summed E-state index contributed by atoms with van der Waals surface area (Å²) in [5, 5.41) is 14.1. The van der Waals surface area contributed by atoms with Crippen molar-refractivity contribution in [1.82, 2.24) is 9.91 Å². The molecule has 0 spiro atoms. The quantitative estimate of drug-likeness (QED) is 0.627. The van der Waals surface area contributed by atoms with Crippen molar-refractivity contribution in [3.05, 3.63) is 0 Å². The molecule has 0 saturated heterocycles. The maximum absolute atomic E-state index is 11.0. The molecule has 62 valence electrons. The van der Waals surface area contributed by atoms with Gasteiger partial charge in [-0.05, 0) is 15.9 Å². The summed E-state index contributed by atoms with van der Waals surface area (Å²) in [7, 11) is 3.02. The van der Waals surface area contributed by atoms with Crippen LogP contribution in [0.1, 0.15) is 0 Å². The molecule has 0 radical (unpaired) electrons. The van der Waals surface area contributed by atoms with Crippen LogP contribution in [0.25, 0.3) is 0 Å². The first-order valence-electron chi connectivity index (χ1n) is 2.96. The SMILES string of the molecule is CN1N=C(Br)C(O)N(C)C1=O. The van der Waals surface area contributed by atoms with E-state index in [-0.39, 0.29) is 6.03 Å². The highest BCUT2D eigenvalue weighted by molar-refractivity contribution is 9.18. The third-order valence-corrected chi connectivity index (χ3v) is 1.97. The molecule has 0 aromatic carbocycles. The smallest absolute Gasteiger partial charge is 0.342 e. The van der Waals surface area contributed by atoms with Crippen LogP contribution in [0.15, 0.2) is 5.10 Å². The lowest BCUT2D eigenvalue weighted by atomic mass is 10.5. The van der Waals surface area contributed by atoms with Gasteiger partial charge in [0.05, 0.1) is 0 Å². The van der Waals surface area contributed by atoms with Gasteiger partial charge in [-0.2, -0.15) is 5.10 Å². The van der Waals surface area contributed by atoms with Gasteiger partial charge in [0, 0.05) is 14.1 Å². The van der Waals surface area contributed by atoms with Crippen molar-refractivity contribution in [1.29, 1.82) is 0 Å². The number of urea groups is 1. The second-order valence-corrected chi connectivity index (χ2v) is 3.03. The average Bonchev–Trinajstić information content (AvgIpc) is 1.97. The van der Waals surface area contributed by atoms with Crippen molar-refractivity contribution in [3.8, 4) is 0 Å². The molecule has 0 bridgehead atoms. The predicted octanol–water partition coefficient (Wildman–Crippen LogP) is 0.0104. The summed E-state index contributed by atoms with van der Waals surface area (Å²) in [6.45, 7) is 0. The zero-order valence-electron chi connectivity index (χ0n) is 6.15. The fourth-order valence-corrected chi connectivity index (χ4v) is 1.28. The number of halogens is 1. The second kappa shape index (κ2) is 2.78. The van der Waals surface area contributed by atoms with Gasteiger partial charge in [-0.1, -0.05) is 0 Å². The summed E-state index contributed by atoms with van der Waals surface area (Å²) in [6, 6.07) is -0.333. The number of carbonyl (C=O) groups is 1. The number of hydrogen-bond acceptors (Lipinski definition) is 3. The van der Waals surface area contributed by atoms with E-state index in [1.54, 1.807) is 0 Å². The summed E-state index contributed by atoms with van der Waals surface area (Å²) in [6.07, 6.45) is -0.960. The Hall–Kier alpha value is -0.620. The molecule has 0 saturated carbocycles. The highest BCUT2D eigenvalue weighted by Gasteiger charge is 2.28. The number of aliphatic hydroxyl groups is 1. The van der Waals surface area contributed by atoms with Crippen LogP contribution < -0.4 is 0 Å². The Balaban J connectivity index is 2.92. The molecule has 0 fully saturated rings. The van der Waals surface area contributed by atoms with Gasteiger partial charge in [0.1, 0.15) is 0 Å². The highest BCUT2D eigenvalue weighted by Crippen LogP contribution is 2.11. The highest BCUT2D eigenvalue weighted by atomic mass is 79.9. The van der Waals surface area contributed by atoms with Crippen molar-refractivity contribution in [2.45, 2.75) is 6.23 Å². The summed E-state index contributed by atoms with van der Waals surface area (Å²) < 4.78 is 0.335. The second-order valence-electron chi connectivity index (χ2n) is 2.21. The standard InChI is InChI=1S/C5H8BrN3O2/c1-8-4(10)3(6)7-9(2)5(8)11/h4,10H,1-2H3. The lowest BCUT2D eigenvalue weighted by Crippen LogP contribution is -2.49. The normalized spacial score (nSPS) is 25.6. The van der Waals surface area contributed by atoms with Crippen LogP contribution in [0.5, 0.6) is 0 Å². The van der Waals surface area contributed by atoms with Gasteiger partial charge in [-0.25, -0.2) is 9.80 Å². The monoisotopic (exact) mass is 221 g/mol. The molecule has 1 heterocycles. The molecular weight excluding hydrogens is 214 g/mol. The van der Waals surface area contributed by atoms with E-state index in [4.69, 9.17) is 0 Å². The molecular formula is C5H8BrN3O2. The van der Waals surface area contributed by atoms with Crippen LogP contribution >= 0.6 is 15.9 Å². The number of aliphatic hydroxyl groups excluding tert-OH is 1. The van der Waals surface area contributed by atoms with Crippen LogP contribution in [0.4, 0.5) is 4.79 Å². The number of carbonyl (C=O) groups excluding carboxylic acids is 1. The molecule has 2 amide bonds. The molecule has 11 heavy (non-hydrogen) atoms. The topological polar surface area (TPSA) is 56.1 Å². The Morgan fingerprint density at radius 2 is 2.18 bits per heavy atom. The van der Waals surface area contributed by atoms with E-state index in [1.165, 1.54) is 19.0 Å². The molecule has 1 atom stereocenters. The van der Waals surface area contributed by atoms with Gasteiger partial charge in [0.15, 0.2) is 10.8 Å². The summed E-state index contributed by atoms with van der Waals surface area (Å²) in [5.74, 6) is 0. The molecule has 1 unspecified atom stereocenters. The van der Waals surface area contributed by atoms with Gasteiger partial charge in [-0.15, -0.1) is 0 Å². The number of nitrogens with zero attached hydrogens (tertiary/aromatic N) is 3. The molecule has 1 rings (SSSR count). The van der Waals surface area contributed by atoms with Crippen molar-refractivity contribution < 1.29 is 9.90 Å². The number of hydrazone groups is 1. The Morgan fingerprint density at radius 3 is 2.73 bits per heavy atom. The van der Waals surface area contributed by atoms with Crippen LogP contribution in [-0.4, -0.2) is 46.0 Å². The summed E-state index contributed by atoms with van der Waals surface area (Å²) in [4.78, 5) is 12.2. The first-order chi connectivity index (χ1) is 5.04. The first kappa shape index (κ1) is 8.48. The van der Waals surface area contributed by atoms with Crippen LogP contribution in [0.3, 0.4) is 0 Å². The summed E-state index contributed by atoms with van der Waals surface area (Å²) in [5.41, 5.74) is 0. The van der Waals surface area contributed by atoms with Crippen molar-refractivity contribution in [3.63, 3.8) is 0 Å². The van der Waals surface area contributed by atoms with E-state index in [0.29, 0.717) is 4.62 Å². The number of amides is 2. The third-order valence-electron chi connectivity index (χ3n) is 1.40. The maximum Gasteiger partial charge on any atom is 0.342 e. The van der Waals surface area contributed by atoms with Gasteiger partial charge in [-0.3, -0.25) is 4.90 Å². The molecule has 1 N–H and O–H groups in total. The van der Waals surface area contributed by atoms with Crippen LogP contribution in [-0.2, 0) is 0 Å². The van der Waals surface area contributed by atoms with Crippen molar-refractivity contribution in [2.24, 2.45) is 5.10 Å². The summed E-state index contributed by atoms with van der Waals surface area (Å²) >= 11 is 3.03. The third kappa shape index (κ3) is 1.36. The molecule has 1 aliphatic heterocycles. The molecule has 5 nitrogen and oxygen atoms in total. The van der Waals surface area contributed by atoms with E-state index >= 15 is 0 Å². The Morgan fingerprint density at radius 1 is 1.64 bits per heavy atom. The van der Waals surface area contributed by atoms with Gasteiger partial charge in [0.25, 0.3) is 0 Å². The van der Waals surface area contributed by atoms with E-state index < -0.39 is 6.23 Å². The first-order valence-corrected chi connectivity index (χ1v) is 3.76. The average molecular weight is 222 g/mol. The van der Waals surface area contributed by atoms with Gasteiger partial charge < -0.3 is 5.11 Å². The predicted molar refractivity (Wildman–Crippen MR) is 43.3 cm³/mol. The van der Waals surface area contributed by atoms with Crippen LogP contribution in [0.2, 0.25) is 0 Å². The van der Waals surface area contributed by atoms with Crippen molar-refractivity contribution >= 4 is 26.6 Å². The molecule has 0 aromatic heterocycles. The number of rotatable bonds is 0. The molecule has 0 aromatic rings. The van der Waals surface area contributed by atoms with Crippen LogP contribution in [0, 0.1) is 0 Å². The van der Waals surface area contributed by atoms with E-state index in [1.807, 2.05) is 0 Å². The van der Waals surface area contributed by atoms with E-state index in [0.717, 1.165) is 5.01 Å². The van der Waals surface area contributed by atoms with E-state index in [9.17, 15) is 9.90 Å². The van der Waals surface area contributed by atoms with Crippen molar-refractivity contribution in [2.75, 3.05) is 14.1 Å². The zero-order valence-corrected chi connectivity index (χ0v) is 7.74. The minimum atomic E-state index is -0.960. The largest absolute Gasteiger partial charge is 0.367 e. The van der Waals surface area contributed by atoms with Gasteiger partial charge >= 0.3 is 6.03 Å². The Kier molecular flexibility index (Phi) is 2.15. The van der Waals surface area contributed by atoms with E-state index in [2.05, 4.69) is 21.0 Å². The fraction of sp³-hybridized carbons (Fsp3) is 0.600. The van der Waals surface area contributed by atoms with Gasteiger partial charge in [0.2, 0.25) is 0 Å². The zero-order chi connectivity index (χ0) is 8.59. The lowest BCUT2D eigenvalue weighted by molar-refractivity contribution is 0.0734. The Bertz CT molecular complexity index is 218. The minimum Gasteiger partial charge on any atom is -0.367 e. The molecule has 1 aliphatic rings.